The molecule has 1 rings (SSSR count). The van der Waals surface area contributed by atoms with Crippen LogP contribution in [-0.4, -0.2) is 17.0 Å². The predicted octanol–water partition coefficient (Wildman–Crippen LogP) is 2.26. The maximum atomic E-state index is 13.3. The largest absolute Gasteiger partial charge is 0.478 e. The van der Waals surface area contributed by atoms with Crippen molar-refractivity contribution >= 4 is 17.6 Å². The smallest absolute Gasteiger partial charge is 0.338 e. The van der Waals surface area contributed by atoms with E-state index in [2.05, 4.69) is 5.32 Å². The Labute approximate surface area is 96.3 Å². The van der Waals surface area contributed by atoms with E-state index in [-0.39, 0.29) is 5.69 Å². The van der Waals surface area contributed by atoms with Gasteiger partial charge in [0.1, 0.15) is 11.6 Å². The summed E-state index contributed by atoms with van der Waals surface area (Å²) in [5.74, 6) is -4.60. The third-order valence-corrected chi connectivity index (χ3v) is 2.07. The highest BCUT2D eigenvalue weighted by Gasteiger charge is 2.17. The minimum absolute atomic E-state index is 0.345. The molecule has 0 heterocycles. The Morgan fingerprint density at radius 1 is 1.24 bits per heavy atom. The van der Waals surface area contributed by atoms with Crippen LogP contribution in [0.25, 0.3) is 0 Å². The number of benzene rings is 1. The molecule has 0 aliphatic carbocycles. The average Bonchev–Trinajstić information content (AvgIpc) is 2.21. The number of carbonyl (C=O) groups is 2. The zero-order chi connectivity index (χ0) is 13.2. The molecule has 92 valence electrons. The second kappa shape index (κ2) is 4.90. The summed E-state index contributed by atoms with van der Waals surface area (Å²) in [6, 6.07) is 1.19. The Kier molecular flexibility index (Phi) is 3.77. The molecule has 6 heteroatoms. The number of carbonyl (C=O) groups excluding carboxylic acids is 1. The lowest BCUT2D eigenvalue weighted by molar-refractivity contribution is -0.118. The van der Waals surface area contributed by atoms with E-state index in [0.29, 0.717) is 6.07 Å². The van der Waals surface area contributed by atoms with Crippen LogP contribution in [0.15, 0.2) is 12.1 Å². The van der Waals surface area contributed by atoms with E-state index in [1.54, 1.807) is 13.8 Å². The predicted molar refractivity (Wildman–Crippen MR) is 56.8 cm³/mol. The van der Waals surface area contributed by atoms with Gasteiger partial charge in [-0.25, -0.2) is 13.6 Å². The van der Waals surface area contributed by atoms with Gasteiger partial charge in [0.05, 0.1) is 11.3 Å². The SMILES string of the molecule is CC(C)C(=O)Nc1cc(C(=O)O)c(F)cc1F. The number of carboxylic acid groups (broad SMARTS) is 1. The number of rotatable bonds is 3. The van der Waals surface area contributed by atoms with Gasteiger partial charge in [-0.3, -0.25) is 4.79 Å². The summed E-state index contributed by atoms with van der Waals surface area (Å²) in [5.41, 5.74) is -1.03. The average molecular weight is 243 g/mol. The third kappa shape index (κ3) is 2.99. The number of aromatic carboxylic acids is 1. The van der Waals surface area contributed by atoms with Crippen LogP contribution in [0.2, 0.25) is 0 Å². The van der Waals surface area contributed by atoms with E-state index in [1.807, 2.05) is 0 Å². The van der Waals surface area contributed by atoms with Gasteiger partial charge in [0.25, 0.3) is 0 Å². The molecule has 0 saturated carbocycles. The molecule has 0 aliphatic heterocycles. The summed E-state index contributed by atoms with van der Waals surface area (Å²) >= 11 is 0. The van der Waals surface area contributed by atoms with Gasteiger partial charge in [0.2, 0.25) is 5.91 Å². The fourth-order valence-corrected chi connectivity index (χ4v) is 1.09. The molecule has 1 amide bonds. The number of nitrogens with one attached hydrogen (secondary N) is 1. The lowest BCUT2D eigenvalue weighted by Crippen LogP contribution is -2.19. The van der Waals surface area contributed by atoms with Crippen LogP contribution < -0.4 is 5.32 Å². The van der Waals surface area contributed by atoms with Gasteiger partial charge >= 0.3 is 5.97 Å². The van der Waals surface area contributed by atoms with E-state index in [1.165, 1.54) is 0 Å². The third-order valence-electron chi connectivity index (χ3n) is 2.07. The molecule has 1 aromatic rings. The molecule has 0 spiro atoms. The van der Waals surface area contributed by atoms with Crippen LogP contribution in [-0.2, 0) is 4.79 Å². The lowest BCUT2D eigenvalue weighted by atomic mass is 10.1. The summed E-state index contributed by atoms with van der Waals surface area (Å²) in [4.78, 5) is 21.9. The Morgan fingerprint density at radius 2 is 1.82 bits per heavy atom. The molecule has 0 saturated heterocycles. The minimum atomic E-state index is -1.53. The lowest BCUT2D eigenvalue weighted by Gasteiger charge is -2.09. The van der Waals surface area contributed by atoms with Crippen LogP contribution in [0.1, 0.15) is 24.2 Å². The summed E-state index contributed by atoms with van der Waals surface area (Å²) < 4.78 is 26.3. The molecule has 17 heavy (non-hydrogen) atoms. The molecule has 0 unspecified atom stereocenters. The molecule has 0 radical (unpaired) electrons. The van der Waals surface area contributed by atoms with Gasteiger partial charge in [-0.1, -0.05) is 13.8 Å². The number of anilines is 1. The van der Waals surface area contributed by atoms with Crippen LogP contribution in [0.3, 0.4) is 0 Å². The van der Waals surface area contributed by atoms with Crippen molar-refractivity contribution < 1.29 is 23.5 Å². The Balaban J connectivity index is 3.12. The molecule has 4 nitrogen and oxygen atoms in total. The molecule has 1 aromatic carbocycles. The van der Waals surface area contributed by atoms with Crippen molar-refractivity contribution in [2.75, 3.05) is 5.32 Å². The monoisotopic (exact) mass is 243 g/mol. The fraction of sp³-hybridized carbons (Fsp3) is 0.273. The summed E-state index contributed by atoms with van der Waals surface area (Å²) in [6.45, 7) is 3.18. The maximum absolute atomic E-state index is 13.3. The summed E-state index contributed by atoms with van der Waals surface area (Å²) in [7, 11) is 0. The second-order valence-corrected chi connectivity index (χ2v) is 3.76. The highest BCUT2D eigenvalue weighted by molar-refractivity contribution is 5.94. The topological polar surface area (TPSA) is 66.4 Å². The van der Waals surface area contributed by atoms with Crippen molar-refractivity contribution in [2.24, 2.45) is 5.92 Å². The van der Waals surface area contributed by atoms with Gasteiger partial charge < -0.3 is 10.4 Å². The number of hydrogen-bond donors (Lipinski definition) is 2. The highest BCUT2D eigenvalue weighted by atomic mass is 19.1. The molecule has 0 atom stereocenters. The molecule has 0 aromatic heterocycles. The van der Waals surface area contributed by atoms with Crippen molar-refractivity contribution in [3.05, 3.63) is 29.3 Å². The van der Waals surface area contributed by atoms with E-state index in [9.17, 15) is 18.4 Å². The number of hydrogen-bond acceptors (Lipinski definition) is 2. The van der Waals surface area contributed by atoms with Crippen LogP contribution >= 0.6 is 0 Å². The first-order chi connectivity index (χ1) is 7.82. The molecule has 2 N–H and O–H groups in total. The molecule has 0 bridgehead atoms. The number of halogens is 2. The molecule has 0 aliphatic rings. The number of amides is 1. The first kappa shape index (κ1) is 13.1. The summed E-state index contributed by atoms with van der Waals surface area (Å²) in [5, 5.41) is 10.8. The first-order valence-corrected chi connectivity index (χ1v) is 4.86. The van der Waals surface area contributed by atoms with Crippen LogP contribution in [0, 0.1) is 17.6 Å². The van der Waals surface area contributed by atoms with Gasteiger partial charge in [-0.15, -0.1) is 0 Å². The van der Waals surface area contributed by atoms with Crippen LogP contribution in [0.4, 0.5) is 14.5 Å². The van der Waals surface area contributed by atoms with E-state index < -0.39 is 35.0 Å². The van der Waals surface area contributed by atoms with Gasteiger partial charge in [-0.2, -0.15) is 0 Å². The fourth-order valence-electron chi connectivity index (χ4n) is 1.09. The minimum Gasteiger partial charge on any atom is -0.478 e. The Hall–Kier alpha value is -1.98. The van der Waals surface area contributed by atoms with Crippen molar-refractivity contribution in [2.45, 2.75) is 13.8 Å². The van der Waals surface area contributed by atoms with Gasteiger partial charge in [0, 0.05) is 12.0 Å². The zero-order valence-corrected chi connectivity index (χ0v) is 9.25. The second-order valence-electron chi connectivity index (χ2n) is 3.76. The van der Waals surface area contributed by atoms with Crippen molar-refractivity contribution in [1.82, 2.24) is 0 Å². The van der Waals surface area contributed by atoms with Crippen molar-refractivity contribution in [3.63, 3.8) is 0 Å². The Morgan fingerprint density at radius 3 is 2.29 bits per heavy atom. The van der Waals surface area contributed by atoms with E-state index >= 15 is 0 Å². The normalized spacial score (nSPS) is 10.4. The van der Waals surface area contributed by atoms with Crippen molar-refractivity contribution in [3.8, 4) is 0 Å². The van der Waals surface area contributed by atoms with E-state index in [0.717, 1.165) is 6.07 Å². The molecular formula is C11H11F2NO3. The molecular weight excluding hydrogens is 232 g/mol. The van der Waals surface area contributed by atoms with E-state index in [4.69, 9.17) is 5.11 Å². The first-order valence-electron chi connectivity index (χ1n) is 4.86. The maximum Gasteiger partial charge on any atom is 0.338 e. The highest BCUT2D eigenvalue weighted by Crippen LogP contribution is 2.20. The van der Waals surface area contributed by atoms with Gasteiger partial charge in [0.15, 0.2) is 0 Å². The van der Waals surface area contributed by atoms with Crippen molar-refractivity contribution in [1.29, 1.82) is 0 Å². The molecule has 0 fully saturated rings. The number of carboxylic acids is 1. The van der Waals surface area contributed by atoms with Crippen LogP contribution in [0.5, 0.6) is 0 Å². The quantitative estimate of drug-likeness (QED) is 0.855. The Bertz CT molecular complexity index is 472. The van der Waals surface area contributed by atoms with Gasteiger partial charge in [-0.05, 0) is 6.07 Å². The standard InChI is InChI=1S/C11H11F2NO3/c1-5(2)10(15)14-9-3-6(11(16)17)7(12)4-8(9)13/h3-5H,1-2H3,(H,14,15)(H,16,17). The summed E-state index contributed by atoms with van der Waals surface area (Å²) in [6.07, 6.45) is 0. The zero-order valence-electron chi connectivity index (χ0n) is 9.25.